The monoisotopic (exact) mass is 323 g/mol. The first-order valence-electron chi connectivity index (χ1n) is 7.51. The molecule has 3 aromatic rings. The Balaban J connectivity index is 1.61. The molecule has 0 saturated heterocycles. The fourth-order valence-corrected chi connectivity index (χ4v) is 2.30. The van der Waals surface area contributed by atoms with Crippen LogP contribution in [0.4, 0.5) is 5.95 Å². The Morgan fingerprint density at radius 1 is 1.08 bits per heavy atom. The van der Waals surface area contributed by atoms with Crippen LogP contribution < -0.4 is 10.1 Å². The van der Waals surface area contributed by atoms with Crippen LogP contribution in [0.2, 0.25) is 0 Å². The third-order valence-corrected chi connectivity index (χ3v) is 3.45. The van der Waals surface area contributed by atoms with Gasteiger partial charge < -0.3 is 9.26 Å². The zero-order valence-corrected chi connectivity index (χ0v) is 13.4. The van der Waals surface area contributed by atoms with Gasteiger partial charge in [-0.25, -0.2) is 0 Å². The molecule has 1 aromatic heterocycles. The van der Waals surface area contributed by atoms with Crippen LogP contribution in [0, 0.1) is 13.8 Å². The highest BCUT2D eigenvalue weighted by Gasteiger charge is 2.12. The summed E-state index contributed by atoms with van der Waals surface area (Å²) in [5.74, 6) is 0.828. The van der Waals surface area contributed by atoms with E-state index in [0.29, 0.717) is 11.6 Å². The van der Waals surface area contributed by atoms with E-state index >= 15 is 0 Å². The smallest absolute Gasteiger partial charge is 0.270 e. The number of anilines is 1. The lowest BCUT2D eigenvalue weighted by Gasteiger charge is -2.10. The van der Waals surface area contributed by atoms with E-state index in [4.69, 9.17) is 9.26 Å². The van der Waals surface area contributed by atoms with Crippen LogP contribution in [0.25, 0.3) is 11.5 Å². The van der Waals surface area contributed by atoms with Crippen LogP contribution in [0.5, 0.6) is 5.75 Å². The fourth-order valence-electron chi connectivity index (χ4n) is 2.30. The molecule has 0 unspecified atom stereocenters. The number of hydrogen-bond acceptors (Lipinski definition) is 5. The van der Waals surface area contributed by atoms with E-state index in [-0.39, 0.29) is 18.5 Å². The predicted octanol–water partition coefficient (Wildman–Crippen LogP) is 3.37. The summed E-state index contributed by atoms with van der Waals surface area (Å²) < 4.78 is 10.7. The number of carbonyl (C=O) groups is 1. The summed E-state index contributed by atoms with van der Waals surface area (Å²) >= 11 is 0. The maximum Gasteiger partial charge on any atom is 0.270 e. The standard InChI is InChI=1S/C18H17N3O3/c1-12-7-6-8-13(2)16(12)23-11-15(22)19-18-20-17(24-21-18)14-9-4-3-5-10-14/h3-10H,11H2,1-2H3,(H,19,21,22). The van der Waals surface area contributed by atoms with Gasteiger partial charge >= 0.3 is 0 Å². The van der Waals surface area contributed by atoms with Crippen molar-refractivity contribution in [1.82, 2.24) is 10.1 Å². The van der Waals surface area contributed by atoms with Crippen molar-refractivity contribution in [3.8, 4) is 17.2 Å². The first kappa shape index (κ1) is 15.7. The molecular formula is C18H17N3O3. The van der Waals surface area contributed by atoms with E-state index in [0.717, 1.165) is 16.7 Å². The van der Waals surface area contributed by atoms with E-state index in [1.54, 1.807) is 0 Å². The SMILES string of the molecule is Cc1cccc(C)c1OCC(=O)Nc1noc(-c2ccccc2)n1. The van der Waals surface area contributed by atoms with Gasteiger partial charge in [0.1, 0.15) is 5.75 Å². The van der Waals surface area contributed by atoms with E-state index in [9.17, 15) is 4.79 Å². The molecule has 0 atom stereocenters. The zero-order valence-electron chi connectivity index (χ0n) is 13.4. The molecule has 0 aliphatic rings. The summed E-state index contributed by atoms with van der Waals surface area (Å²) in [4.78, 5) is 16.1. The summed E-state index contributed by atoms with van der Waals surface area (Å²) in [6.07, 6.45) is 0. The van der Waals surface area contributed by atoms with Crippen molar-refractivity contribution in [1.29, 1.82) is 0 Å². The van der Waals surface area contributed by atoms with Gasteiger partial charge in [0.05, 0.1) is 0 Å². The van der Waals surface area contributed by atoms with E-state index < -0.39 is 0 Å². The second-order valence-electron chi connectivity index (χ2n) is 5.35. The molecule has 0 saturated carbocycles. The highest BCUT2D eigenvalue weighted by atomic mass is 16.5. The van der Waals surface area contributed by atoms with Gasteiger partial charge in [0.2, 0.25) is 0 Å². The summed E-state index contributed by atoms with van der Waals surface area (Å²) in [5.41, 5.74) is 2.75. The third kappa shape index (κ3) is 3.60. The summed E-state index contributed by atoms with van der Waals surface area (Å²) in [6, 6.07) is 15.2. The van der Waals surface area contributed by atoms with Crippen molar-refractivity contribution in [2.24, 2.45) is 0 Å². The lowest BCUT2D eigenvalue weighted by Crippen LogP contribution is -2.21. The molecule has 1 N–H and O–H groups in total. The summed E-state index contributed by atoms with van der Waals surface area (Å²) in [6.45, 7) is 3.75. The number of benzene rings is 2. The fraction of sp³-hybridized carbons (Fsp3) is 0.167. The number of aryl methyl sites for hydroxylation is 2. The zero-order chi connectivity index (χ0) is 16.9. The molecule has 0 radical (unpaired) electrons. The Kier molecular flexibility index (Phi) is 4.56. The molecule has 0 fully saturated rings. The van der Waals surface area contributed by atoms with Gasteiger partial charge in [-0.3, -0.25) is 10.1 Å². The van der Waals surface area contributed by atoms with Gasteiger partial charge in [-0.15, -0.1) is 0 Å². The third-order valence-electron chi connectivity index (χ3n) is 3.45. The second kappa shape index (κ2) is 6.95. The molecule has 6 nitrogen and oxygen atoms in total. The average molecular weight is 323 g/mol. The number of rotatable bonds is 5. The normalized spacial score (nSPS) is 10.4. The van der Waals surface area contributed by atoms with Crippen molar-refractivity contribution in [3.63, 3.8) is 0 Å². The molecule has 2 aromatic carbocycles. The van der Waals surface area contributed by atoms with Crippen LogP contribution in [-0.2, 0) is 4.79 Å². The van der Waals surface area contributed by atoms with E-state index in [2.05, 4.69) is 15.5 Å². The maximum absolute atomic E-state index is 12.0. The number of aromatic nitrogens is 2. The molecule has 0 spiro atoms. The minimum Gasteiger partial charge on any atom is -0.483 e. The highest BCUT2D eigenvalue weighted by Crippen LogP contribution is 2.22. The van der Waals surface area contributed by atoms with Crippen molar-refractivity contribution in [3.05, 3.63) is 59.7 Å². The molecule has 6 heteroatoms. The lowest BCUT2D eigenvalue weighted by atomic mass is 10.1. The van der Waals surface area contributed by atoms with Crippen LogP contribution in [0.1, 0.15) is 11.1 Å². The van der Waals surface area contributed by atoms with Crippen molar-refractivity contribution < 1.29 is 14.1 Å². The minimum absolute atomic E-state index is 0.115. The van der Waals surface area contributed by atoms with E-state index in [1.807, 2.05) is 62.4 Å². The van der Waals surface area contributed by atoms with Gasteiger partial charge in [-0.1, -0.05) is 36.4 Å². The Morgan fingerprint density at radius 3 is 2.50 bits per heavy atom. The molecule has 1 amide bonds. The van der Waals surface area contributed by atoms with Crippen LogP contribution in [0.3, 0.4) is 0 Å². The maximum atomic E-state index is 12.0. The summed E-state index contributed by atoms with van der Waals surface area (Å²) in [5, 5.41) is 6.31. The highest BCUT2D eigenvalue weighted by molar-refractivity contribution is 5.90. The number of nitrogens with one attached hydrogen (secondary N) is 1. The van der Waals surface area contributed by atoms with Crippen molar-refractivity contribution in [2.45, 2.75) is 13.8 Å². The predicted molar refractivity (Wildman–Crippen MR) is 89.8 cm³/mol. The van der Waals surface area contributed by atoms with Gasteiger partial charge in [0.15, 0.2) is 6.61 Å². The van der Waals surface area contributed by atoms with E-state index in [1.165, 1.54) is 0 Å². The minimum atomic E-state index is -0.349. The van der Waals surface area contributed by atoms with Crippen molar-refractivity contribution in [2.75, 3.05) is 11.9 Å². The van der Waals surface area contributed by atoms with Gasteiger partial charge in [0.25, 0.3) is 17.7 Å². The number of hydrogen-bond donors (Lipinski definition) is 1. The first-order valence-corrected chi connectivity index (χ1v) is 7.51. The quantitative estimate of drug-likeness (QED) is 0.779. The Morgan fingerprint density at radius 2 is 1.79 bits per heavy atom. The topological polar surface area (TPSA) is 77.2 Å². The van der Waals surface area contributed by atoms with Gasteiger partial charge in [-0.2, -0.15) is 4.98 Å². The van der Waals surface area contributed by atoms with Crippen LogP contribution in [0.15, 0.2) is 53.1 Å². The molecule has 0 aliphatic heterocycles. The lowest BCUT2D eigenvalue weighted by molar-refractivity contribution is -0.118. The van der Waals surface area contributed by atoms with Crippen LogP contribution in [-0.4, -0.2) is 22.7 Å². The second-order valence-corrected chi connectivity index (χ2v) is 5.35. The number of ether oxygens (including phenoxy) is 1. The average Bonchev–Trinajstić information content (AvgIpc) is 3.03. The first-order chi connectivity index (χ1) is 11.6. The Hall–Kier alpha value is -3.15. The molecule has 1 heterocycles. The number of nitrogens with zero attached hydrogens (tertiary/aromatic N) is 2. The van der Waals surface area contributed by atoms with Gasteiger partial charge in [0, 0.05) is 5.56 Å². The molecule has 0 bridgehead atoms. The largest absolute Gasteiger partial charge is 0.483 e. The molecule has 24 heavy (non-hydrogen) atoms. The van der Waals surface area contributed by atoms with Crippen molar-refractivity contribution >= 4 is 11.9 Å². The molecular weight excluding hydrogens is 306 g/mol. The van der Waals surface area contributed by atoms with Gasteiger partial charge in [-0.05, 0) is 42.3 Å². The molecule has 0 aliphatic carbocycles. The number of carbonyl (C=O) groups excluding carboxylic acids is 1. The number of amides is 1. The molecule has 122 valence electrons. The number of para-hydroxylation sites is 1. The van der Waals surface area contributed by atoms with Crippen LogP contribution >= 0.6 is 0 Å². The molecule has 3 rings (SSSR count). The Labute approximate surface area is 139 Å². The summed E-state index contributed by atoms with van der Waals surface area (Å²) in [7, 11) is 0. The Bertz CT molecular complexity index is 823.